The topological polar surface area (TPSA) is 58.6 Å². The Hall–Kier alpha value is -2.96. The molecule has 3 rings (SSSR count). The number of hydrogen-bond acceptors (Lipinski definition) is 3. The third kappa shape index (κ3) is 3.82. The molecule has 1 fully saturated rings. The molecule has 1 heterocycles. The zero-order chi connectivity index (χ0) is 18.7. The maximum Gasteiger partial charge on any atom is 0.229 e. The summed E-state index contributed by atoms with van der Waals surface area (Å²) in [5.41, 5.74) is 0.560. The Morgan fingerprint density at radius 3 is 2.62 bits per heavy atom. The van der Waals surface area contributed by atoms with E-state index in [0.29, 0.717) is 24.1 Å². The minimum Gasteiger partial charge on any atom is -0.494 e. The lowest BCUT2D eigenvalue weighted by Crippen LogP contribution is -2.28. The summed E-state index contributed by atoms with van der Waals surface area (Å²) in [7, 11) is 0. The number of nitrogens with one attached hydrogen (secondary N) is 1. The molecule has 2 amide bonds. The summed E-state index contributed by atoms with van der Waals surface area (Å²) < 4.78 is 32.0. The van der Waals surface area contributed by atoms with Gasteiger partial charge < -0.3 is 15.0 Å². The fourth-order valence-electron chi connectivity index (χ4n) is 2.85. The van der Waals surface area contributed by atoms with Crippen LogP contribution in [0.2, 0.25) is 0 Å². The first kappa shape index (κ1) is 17.8. The second-order valence-electron chi connectivity index (χ2n) is 5.95. The molecule has 1 aliphatic heterocycles. The van der Waals surface area contributed by atoms with Gasteiger partial charge in [0.05, 0.1) is 18.2 Å². The molecular weight excluding hydrogens is 342 g/mol. The van der Waals surface area contributed by atoms with Crippen LogP contribution in [0.15, 0.2) is 42.5 Å². The van der Waals surface area contributed by atoms with Gasteiger partial charge in [-0.2, -0.15) is 0 Å². The van der Waals surface area contributed by atoms with Gasteiger partial charge in [0.25, 0.3) is 0 Å². The van der Waals surface area contributed by atoms with Crippen molar-refractivity contribution >= 4 is 23.2 Å². The molecule has 1 atom stereocenters. The number of anilines is 2. The highest BCUT2D eigenvalue weighted by Crippen LogP contribution is 2.28. The first-order valence-electron chi connectivity index (χ1n) is 8.27. The van der Waals surface area contributed by atoms with Crippen LogP contribution in [-0.4, -0.2) is 25.0 Å². The molecule has 26 heavy (non-hydrogen) atoms. The highest BCUT2D eigenvalue weighted by atomic mass is 19.1. The van der Waals surface area contributed by atoms with E-state index in [1.165, 1.54) is 4.90 Å². The molecule has 0 aliphatic carbocycles. The number of carbonyl (C=O) groups is 2. The van der Waals surface area contributed by atoms with Crippen molar-refractivity contribution in [2.24, 2.45) is 5.92 Å². The Labute approximate surface area is 149 Å². The summed E-state index contributed by atoms with van der Waals surface area (Å²) in [4.78, 5) is 26.1. The van der Waals surface area contributed by atoms with Crippen molar-refractivity contribution in [3.05, 3.63) is 54.1 Å². The molecule has 2 aromatic carbocycles. The van der Waals surface area contributed by atoms with Gasteiger partial charge in [-0.05, 0) is 43.3 Å². The summed E-state index contributed by atoms with van der Waals surface area (Å²) in [6.45, 7) is 2.62. The Balaban J connectivity index is 1.67. The molecule has 0 radical (unpaired) electrons. The lowest BCUT2D eigenvalue weighted by Gasteiger charge is -2.17. The van der Waals surface area contributed by atoms with E-state index in [1.807, 2.05) is 6.92 Å². The first-order valence-corrected chi connectivity index (χ1v) is 8.27. The van der Waals surface area contributed by atoms with E-state index in [9.17, 15) is 18.4 Å². The Morgan fingerprint density at radius 2 is 1.96 bits per heavy atom. The van der Waals surface area contributed by atoms with Crippen molar-refractivity contribution < 1.29 is 23.1 Å². The predicted octanol–water partition coefficient (Wildman–Crippen LogP) is 3.36. The fraction of sp³-hybridized carbons (Fsp3) is 0.263. The monoisotopic (exact) mass is 360 g/mol. The molecule has 0 saturated carbocycles. The van der Waals surface area contributed by atoms with Crippen LogP contribution in [-0.2, 0) is 9.59 Å². The smallest absolute Gasteiger partial charge is 0.229 e. The van der Waals surface area contributed by atoms with Gasteiger partial charge >= 0.3 is 0 Å². The van der Waals surface area contributed by atoms with Gasteiger partial charge in [-0.1, -0.05) is 0 Å². The van der Waals surface area contributed by atoms with Crippen molar-refractivity contribution in [1.82, 2.24) is 0 Å². The Morgan fingerprint density at radius 1 is 1.23 bits per heavy atom. The lowest BCUT2D eigenvalue weighted by atomic mass is 10.1. The highest BCUT2D eigenvalue weighted by molar-refractivity contribution is 6.03. The van der Waals surface area contributed by atoms with Crippen LogP contribution in [0.25, 0.3) is 0 Å². The molecule has 0 bridgehead atoms. The normalized spacial score (nSPS) is 16.7. The van der Waals surface area contributed by atoms with Crippen molar-refractivity contribution in [3.8, 4) is 5.75 Å². The van der Waals surface area contributed by atoms with Crippen LogP contribution in [0.5, 0.6) is 5.75 Å². The van der Waals surface area contributed by atoms with E-state index in [2.05, 4.69) is 5.32 Å². The SMILES string of the molecule is CCOc1ccc(N2C[C@@H](C(=O)Nc3ccc(F)cc3F)CC2=O)cc1. The summed E-state index contributed by atoms with van der Waals surface area (Å²) in [6.07, 6.45) is 0.0296. The van der Waals surface area contributed by atoms with Crippen LogP contribution < -0.4 is 15.0 Å². The number of carbonyl (C=O) groups excluding carboxylic acids is 2. The average Bonchev–Trinajstić information content (AvgIpc) is 3.00. The van der Waals surface area contributed by atoms with Gasteiger partial charge in [-0.3, -0.25) is 9.59 Å². The molecule has 1 aliphatic rings. The van der Waals surface area contributed by atoms with Gasteiger partial charge in [-0.15, -0.1) is 0 Å². The number of ether oxygens (including phenoxy) is 1. The third-order valence-corrected chi connectivity index (χ3v) is 4.14. The Kier molecular flexibility index (Phi) is 5.16. The average molecular weight is 360 g/mol. The molecule has 1 saturated heterocycles. The quantitative estimate of drug-likeness (QED) is 0.890. The molecule has 5 nitrogen and oxygen atoms in total. The number of hydrogen-bond donors (Lipinski definition) is 1. The maximum atomic E-state index is 13.7. The molecule has 0 aromatic heterocycles. The van der Waals surface area contributed by atoms with E-state index < -0.39 is 23.5 Å². The van der Waals surface area contributed by atoms with Crippen LogP contribution in [0.4, 0.5) is 20.2 Å². The lowest BCUT2D eigenvalue weighted by molar-refractivity contribution is -0.122. The number of rotatable bonds is 5. The fourth-order valence-corrected chi connectivity index (χ4v) is 2.85. The maximum absolute atomic E-state index is 13.7. The van der Waals surface area contributed by atoms with Crippen LogP contribution in [0.1, 0.15) is 13.3 Å². The van der Waals surface area contributed by atoms with Crippen LogP contribution in [0, 0.1) is 17.6 Å². The number of amides is 2. The minimum absolute atomic E-state index is 0.0296. The van der Waals surface area contributed by atoms with E-state index in [-0.39, 0.29) is 24.6 Å². The molecule has 2 aromatic rings. The molecule has 136 valence electrons. The van der Waals surface area contributed by atoms with Crippen molar-refractivity contribution in [2.75, 3.05) is 23.4 Å². The van der Waals surface area contributed by atoms with Crippen molar-refractivity contribution in [1.29, 1.82) is 0 Å². The zero-order valence-electron chi connectivity index (χ0n) is 14.2. The number of nitrogens with zero attached hydrogens (tertiary/aromatic N) is 1. The predicted molar refractivity (Wildman–Crippen MR) is 93.1 cm³/mol. The third-order valence-electron chi connectivity index (χ3n) is 4.14. The second-order valence-corrected chi connectivity index (χ2v) is 5.95. The van der Waals surface area contributed by atoms with Gasteiger partial charge in [0.15, 0.2) is 0 Å². The summed E-state index contributed by atoms with van der Waals surface area (Å²) in [5, 5.41) is 2.42. The van der Waals surface area contributed by atoms with E-state index >= 15 is 0 Å². The van der Waals surface area contributed by atoms with Gasteiger partial charge in [-0.25, -0.2) is 8.78 Å². The molecule has 7 heteroatoms. The van der Waals surface area contributed by atoms with E-state index in [1.54, 1.807) is 24.3 Å². The first-order chi connectivity index (χ1) is 12.5. The zero-order valence-corrected chi connectivity index (χ0v) is 14.2. The van der Waals surface area contributed by atoms with Gasteiger partial charge in [0.1, 0.15) is 17.4 Å². The molecule has 0 unspecified atom stereocenters. The van der Waals surface area contributed by atoms with Crippen LogP contribution in [0.3, 0.4) is 0 Å². The molecule has 0 spiro atoms. The van der Waals surface area contributed by atoms with Gasteiger partial charge in [0.2, 0.25) is 11.8 Å². The summed E-state index contributed by atoms with van der Waals surface area (Å²) in [6, 6.07) is 9.93. The van der Waals surface area contributed by atoms with E-state index in [4.69, 9.17) is 4.74 Å². The number of halogens is 2. The molecular formula is C19H18F2N2O3. The summed E-state index contributed by atoms with van der Waals surface area (Å²) in [5.74, 6) is -2.15. The molecule has 1 N–H and O–H groups in total. The Bertz CT molecular complexity index is 824. The second kappa shape index (κ2) is 7.51. The largest absolute Gasteiger partial charge is 0.494 e. The highest BCUT2D eigenvalue weighted by Gasteiger charge is 2.35. The van der Waals surface area contributed by atoms with Gasteiger partial charge in [0, 0.05) is 24.7 Å². The number of benzene rings is 2. The minimum atomic E-state index is -0.856. The standard InChI is InChI=1S/C19H18F2N2O3/c1-2-26-15-6-4-14(5-7-15)23-11-12(9-18(23)24)19(25)22-17-8-3-13(20)10-16(17)21/h3-8,10,12H,2,9,11H2,1H3,(H,22,25)/t12-/m0/s1. The van der Waals surface area contributed by atoms with Crippen molar-refractivity contribution in [2.45, 2.75) is 13.3 Å². The van der Waals surface area contributed by atoms with Crippen LogP contribution >= 0.6 is 0 Å². The van der Waals surface area contributed by atoms with E-state index in [0.717, 1.165) is 12.1 Å². The summed E-state index contributed by atoms with van der Waals surface area (Å²) >= 11 is 0. The van der Waals surface area contributed by atoms with Crippen molar-refractivity contribution in [3.63, 3.8) is 0 Å².